The number of benzene rings is 4. The van der Waals surface area contributed by atoms with E-state index in [1.165, 1.54) is 0 Å². The summed E-state index contributed by atoms with van der Waals surface area (Å²) in [4.78, 5) is 22.2. The average molecular weight is 843 g/mol. The molecule has 16 nitrogen and oxygen atoms in total. The molecule has 0 aliphatic heterocycles. The number of hydrazine groups is 3. The summed E-state index contributed by atoms with van der Waals surface area (Å²) >= 11 is 0. The lowest BCUT2D eigenvalue weighted by Crippen LogP contribution is -2.15. The van der Waals surface area contributed by atoms with Crippen molar-refractivity contribution in [1.29, 1.82) is 0 Å². The zero-order chi connectivity index (χ0) is 43.2. The van der Waals surface area contributed by atoms with E-state index in [1.807, 2.05) is 91.0 Å². The van der Waals surface area contributed by atoms with E-state index in [1.54, 1.807) is 7.11 Å². The van der Waals surface area contributed by atoms with Gasteiger partial charge in [0, 0.05) is 25.3 Å². The van der Waals surface area contributed by atoms with Gasteiger partial charge in [-0.25, -0.2) is 9.59 Å². The van der Waals surface area contributed by atoms with Gasteiger partial charge < -0.3 is 65.0 Å². The van der Waals surface area contributed by atoms with Crippen molar-refractivity contribution in [3.8, 4) is 17.2 Å². The van der Waals surface area contributed by atoms with E-state index in [-0.39, 0.29) is 0 Å². The van der Waals surface area contributed by atoms with Crippen LogP contribution in [0.25, 0.3) is 0 Å². The maximum absolute atomic E-state index is 11.1. The van der Waals surface area contributed by atoms with Crippen molar-refractivity contribution >= 4 is 46.1 Å². The lowest BCUT2D eigenvalue weighted by atomic mass is 10.2. The van der Waals surface area contributed by atoms with Crippen LogP contribution < -0.4 is 46.8 Å². The van der Waals surface area contributed by atoms with Gasteiger partial charge >= 0.3 is 11.9 Å². The Labute approximate surface area is 357 Å². The fourth-order valence-electron chi connectivity index (χ4n) is 5.08. The number of unbranched alkanes of at least 4 members (excludes halogenated alkanes) is 2. The SMILES string of the molecule is C=CC(=O)OCCCCOc1ccc(NNc2ccc(NNc3ccc(NNc4ccc(OCCCCOC(=O)C=C)cc4)cc3OCCOCCOCCOC)cc2)cc1. The van der Waals surface area contributed by atoms with Crippen molar-refractivity contribution in [1.82, 2.24) is 0 Å². The zero-order valence-electron chi connectivity index (χ0n) is 34.7. The largest absolute Gasteiger partial charge is 0.494 e. The quantitative estimate of drug-likeness (QED) is 0.0118. The molecule has 0 spiro atoms. The van der Waals surface area contributed by atoms with Crippen LogP contribution in [0.2, 0.25) is 0 Å². The Bertz CT molecular complexity index is 1860. The normalized spacial score (nSPS) is 10.4. The molecule has 0 unspecified atom stereocenters. The van der Waals surface area contributed by atoms with Crippen molar-refractivity contribution in [2.24, 2.45) is 0 Å². The number of ether oxygens (including phenoxy) is 8. The minimum absolute atomic E-state index is 0.324. The summed E-state index contributed by atoms with van der Waals surface area (Å²) in [7, 11) is 1.64. The fraction of sp³-hybridized carbons (Fsp3) is 0.333. The Morgan fingerprint density at radius 2 is 0.852 bits per heavy atom. The van der Waals surface area contributed by atoms with Crippen LogP contribution in [0.5, 0.6) is 17.2 Å². The van der Waals surface area contributed by atoms with Gasteiger partial charge in [0.15, 0.2) is 0 Å². The Morgan fingerprint density at radius 1 is 0.459 bits per heavy atom. The molecule has 61 heavy (non-hydrogen) atoms. The Balaban J connectivity index is 1.23. The van der Waals surface area contributed by atoms with Gasteiger partial charge in [0.25, 0.3) is 0 Å². The van der Waals surface area contributed by atoms with Gasteiger partial charge in [0.1, 0.15) is 23.9 Å². The van der Waals surface area contributed by atoms with Gasteiger partial charge in [0.2, 0.25) is 0 Å². The number of anilines is 6. The van der Waals surface area contributed by atoms with Crippen LogP contribution in [0.1, 0.15) is 25.7 Å². The summed E-state index contributed by atoms with van der Waals surface area (Å²) in [5, 5.41) is 0. The molecule has 0 atom stereocenters. The van der Waals surface area contributed by atoms with E-state index in [0.29, 0.717) is 84.7 Å². The molecule has 6 N–H and O–H groups in total. The second kappa shape index (κ2) is 28.7. The smallest absolute Gasteiger partial charge is 0.330 e. The molecule has 328 valence electrons. The first-order valence-corrected chi connectivity index (χ1v) is 20.1. The van der Waals surface area contributed by atoms with Crippen LogP contribution in [-0.2, 0) is 33.3 Å². The molecule has 0 radical (unpaired) electrons. The highest BCUT2D eigenvalue weighted by atomic mass is 16.6. The first-order chi connectivity index (χ1) is 29.9. The van der Waals surface area contributed by atoms with Crippen molar-refractivity contribution < 1.29 is 47.5 Å². The monoisotopic (exact) mass is 842 g/mol. The van der Waals surface area contributed by atoms with Crippen molar-refractivity contribution in [2.45, 2.75) is 25.7 Å². The summed E-state index contributed by atoms with van der Waals surface area (Å²) in [5.41, 5.74) is 24.2. The van der Waals surface area contributed by atoms with Crippen molar-refractivity contribution in [3.63, 3.8) is 0 Å². The van der Waals surface area contributed by atoms with E-state index in [4.69, 9.17) is 37.9 Å². The third-order valence-corrected chi connectivity index (χ3v) is 8.34. The highest BCUT2D eigenvalue weighted by Gasteiger charge is 2.08. The lowest BCUT2D eigenvalue weighted by molar-refractivity contribution is -0.138. The first-order valence-electron chi connectivity index (χ1n) is 20.1. The minimum atomic E-state index is -0.419. The first kappa shape index (κ1) is 47.1. The lowest BCUT2D eigenvalue weighted by Gasteiger charge is -2.18. The van der Waals surface area contributed by atoms with Gasteiger partial charge in [-0.1, -0.05) is 13.2 Å². The van der Waals surface area contributed by atoms with Gasteiger partial charge in [-0.05, 0) is 111 Å². The standard InChI is InChI=1S/C45H58N6O10/c1-4-44(52)60-26-8-6-24-57-40-19-14-37(15-20-40)47-46-35-10-12-36(13-11-35)49-51-42-23-18-39(34-43(42)59-33-32-56-31-30-55-29-28-54-3)50-48-38-16-21-41(22-17-38)58-25-7-9-27-61-45(53)5-2/h4-5,10-23,34,46-51H,1-2,6-9,24-33H2,3H3. The molecule has 4 aromatic carbocycles. The topological polar surface area (TPSA) is 180 Å². The molecule has 0 fully saturated rings. The van der Waals surface area contributed by atoms with Crippen LogP contribution >= 0.6 is 0 Å². The minimum Gasteiger partial charge on any atom is -0.494 e. The molecule has 4 aromatic rings. The van der Waals surface area contributed by atoms with Crippen LogP contribution in [0.3, 0.4) is 0 Å². The van der Waals surface area contributed by atoms with Crippen LogP contribution in [0.4, 0.5) is 34.1 Å². The third-order valence-electron chi connectivity index (χ3n) is 8.34. The number of rotatable bonds is 33. The van der Waals surface area contributed by atoms with Gasteiger partial charge in [-0.2, -0.15) is 0 Å². The summed E-state index contributed by atoms with van der Waals surface area (Å²) < 4.78 is 43.8. The molecule has 0 aliphatic rings. The zero-order valence-corrected chi connectivity index (χ0v) is 34.7. The molecule has 0 bridgehead atoms. The van der Waals surface area contributed by atoms with Crippen molar-refractivity contribution in [2.75, 3.05) is 106 Å². The van der Waals surface area contributed by atoms with Gasteiger partial charge in [-0.3, -0.25) is 5.43 Å². The summed E-state index contributed by atoms with van der Waals surface area (Å²) in [6.07, 6.45) is 5.25. The molecular weight excluding hydrogens is 785 g/mol. The van der Waals surface area contributed by atoms with Crippen LogP contribution in [-0.4, -0.2) is 85.1 Å². The number of carbonyl (C=O) groups is 2. The second-order valence-electron chi connectivity index (χ2n) is 13.0. The number of nitrogens with one attached hydrogen (secondary N) is 6. The third kappa shape index (κ3) is 19.8. The summed E-state index contributed by atoms with van der Waals surface area (Å²) in [6, 6.07) is 28.7. The predicted octanol–water partition coefficient (Wildman–Crippen LogP) is 7.84. The number of carbonyl (C=O) groups excluding carboxylic acids is 2. The van der Waals surface area contributed by atoms with E-state index < -0.39 is 11.9 Å². The van der Waals surface area contributed by atoms with E-state index in [0.717, 1.165) is 70.6 Å². The van der Waals surface area contributed by atoms with Crippen molar-refractivity contribution in [3.05, 3.63) is 116 Å². The fourth-order valence-corrected chi connectivity index (χ4v) is 5.08. The van der Waals surface area contributed by atoms with Crippen LogP contribution in [0, 0.1) is 0 Å². The molecule has 0 heterocycles. The molecule has 4 rings (SSSR count). The maximum Gasteiger partial charge on any atom is 0.330 e. The summed E-state index contributed by atoms with van der Waals surface area (Å²) in [5.74, 6) is 1.26. The second-order valence-corrected chi connectivity index (χ2v) is 13.0. The molecule has 0 saturated heterocycles. The average Bonchev–Trinajstić information content (AvgIpc) is 3.29. The molecule has 0 aromatic heterocycles. The molecule has 0 saturated carbocycles. The number of hydrogen-bond donors (Lipinski definition) is 6. The highest BCUT2D eigenvalue weighted by Crippen LogP contribution is 2.29. The number of hydrogen-bond acceptors (Lipinski definition) is 16. The Kier molecular flexibility index (Phi) is 22.2. The van der Waals surface area contributed by atoms with Gasteiger partial charge in [0.05, 0.1) is 93.6 Å². The Morgan fingerprint density at radius 3 is 1.33 bits per heavy atom. The maximum atomic E-state index is 11.1. The predicted molar refractivity (Wildman–Crippen MR) is 238 cm³/mol. The Hall–Kier alpha value is -6.62. The van der Waals surface area contributed by atoms with E-state index in [2.05, 4.69) is 45.7 Å². The molecule has 16 heteroatoms. The van der Waals surface area contributed by atoms with Crippen LogP contribution in [0.15, 0.2) is 116 Å². The van der Waals surface area contributed by atoms with E-state index in [9.17, 15) is 9.59 Å². The molecule has 0 aliphatic carbocycles. The number of esters is 2. The highest BCUT2D eigenvalue weighted by molar-refractivity contribution is 5.81. The number of methoxy groups -OCH3 is 1. The summed E-state index contributed by atoms with van der Waals surface area (Å²) in [6.45, 7) is 11.2. The van der Waals surface area contributed by atoms with E-state index >= 15 is 0 Å². The molecule has 0 amide bonds. The van der Waals surface area contributed by atoms with Gasteiger partial charge in [-0.15, -0.1) is 0 Å². The molecular formula is C45H58N6O10.